The van der Waals surface area contributed by atoms with Gasteiger partial charge in [-0.3, -0.25) is 0 Å². The van der Waals surface area contributed by atoms with E-state index < -0.39 is 12.1 Å². The Morgan fingerprint density at radius 1 is 1.45 bits per heavy atom. The Kier molecular flexibility index (Phi) is 4.15. The molecule has 66 valence electrons. The van der Waals surface area contributed by atoms with Crippen LogP contribution in [0.2, 0.25) is 0 Å². The van der Waals surface area contributed by atoms with Gasteiger partial charge in [-0.2, -0.15) is 13.2 Å². The molecule has 0 rings (SSSR count). The van der Waals surface area contributed by atoms with Gasteiger partial charge in [0.25, 0.3) is 0 Å². The van der Waals surface area contributed by atoms with Crippen LogP contribution in [0, 0.1) is 11.3 Å². The molecule has 0 radical (unpaired) electrons. The Labute approximate surface area is 64.1 Å². The average Bonchev–Trinajstić information content (AvgIpc) is 1.87. The van der Waals surface area contributed by atoms with Crippen LogP contribution in [-0.4, -0.2) is 12.4 Å². The van der Waals surface area contributed by atoms with E-state index >= 15 is 0 Å². The Morgan fingerprint density at radius 2 is 2.00 bits per heavy atom. The van der Waals surface area contributed by atoms with Crippen molar-refractivity contribution in [2.24, 2.45) is 5.92 Å². The van der Waals surface area contributed by atoms with Crippen LogP contribution in [-0.2, 0) is 0 Å². The molecule has 0 bridgehead atoms. The minimum absolute atomic E-state index is 0.0451. The quantitative estimate of drug-likeness (QED) is 0.622. The Bertz CT molecular complexity index is 119. The fraction of sp³-hybridized carbons (Fsp3) is 0.857. The van der Waals surface area contributed by atoms with Crippen molar-refractivity contribution in [2.45, 2.75) is 32.4 Å². The van der Waals surface area contributed by atoms with Gasteiger partial charge in [-0.1, -0.05) is 19.8 Å². The third-order valence-electron chi connectivity index (χ3n) is 1.49. The van der Waals surface area contributed by atoms with Crippen molar-refractivity contribution in [2.75, 3.05) is 0 Å². The van der Waals surface area contributed by atoms with Crippen molar-refractivity contribution in [1.82, 2.24) is 0 Å². The number of unbranched alkanes of at least 4 members (excludes halogenated alkanes) is 1. The van der Waals surface area contributed by atoms with E-state index in [4.69, 9.17) is 5.41 Å². The second-order valence-corrected chi connectivity index (χ2v) is 2.46. The van der Waals surface area contributed by atoms with Gasteiger partial charge in [0.1, 0.15) is 0 Å². The third kappa shape index (κ3) is 4.01. The van der Waals surface area contributed by atoms with Gasteiger partial charge in [-0.15, -0.1) is 0 Å². The molecule has 0 amide bonds. The summed E-state index contributed by atoms with van der Waals surface area (Å²) in [5.41, 5.74) is 0. The molecule has 1 atom stereocenters. The van der Waals surface area contributed by atoms with E-state index in [1.165, 1.54) is 0 Å². The molecule has 0 aliphatic heterocycles. The molecule has 1 N–H and O–H groups in total. The summed E-state index contributed by atoms with van der Waals surface area (Å²) >= 11 is 0. The Balaban J connectivity index is 3.86. The maximum absolute atomic E-state index is 11.9. The Morgan fingerprint density at radius 3 is 2.27 bits per heavy atom. The highest BCUT2D eigenvalue weighted by Crippen LogP contribution is 2.28. The molecular formula is C7H12F3N. The van der Waals surface area contributed by atoms with Crippen molar-refractivity contribution in [1.29, 1.82) is 5.41 Å². The number of halogens is 3. The van der Waals surface area contributed by atoms with Gasteiger partial charge in [-0.05, 0) is 6.42 Å². The molecule has 0 saturated carbocycles. The second-order valence-electron chi connectivity index (χ2n) is 2.46. The van der Waals surface area contributed by atoms with Crippen molar-refractivity contribution in [3.63, 3.8) is 0 Å². The maximum Gasteiger partial charge on any atom is 0.396 e. The lowest BCUT2D eigenvalue weighted by Crippen LogP contribution is -2.23. The molecule has 0 aromatic rings. The first-order chi connectivity index (χ1) is 5.02. The fourth-order valence-corrected chi connectivity index (χ4v) is 0.766. The maximum atomic E-state index is 11.9. The van der Waals surface area contributed by atoms with Crippen LogP contribution in [0.4, 0.5) is 13.2 Å². The first kappa shape index (κ1) is 10.5. The summed E-state index contributed by atoms with van der Waals surface area (Å²) in [7, 11) is 0. The monoisotopic (exact) mass is 167 g/mol. The number of rotatable bonds is 4. The predicted octanol–water partition coefficient (Wildman–Crippen LogP) is 3.00. The first-order valence-electron chi connectivity index (χ1n) is 3.59. The van der Waals surface area contributed by atoms with Gasteiger partial charge < -0.3 is 5.41 Å². The highest BCUT2D eigenvalue weighted by atomic mass is 19.4. The summed E-state index contributed by atoms with van der Waals surface area (Å²) < 4.78 is 35.7. The van der Waals surface area contributed by atoms with E-state index in [0.29, 0.717) is 12.6 Å². The van der Waals surface area contributed by atoms with Crippen LogP contribution in [0.3, 0.4) is 0 Å². The lowest BCUT2D eigenvalue weighted by molar-refractivity contribution is -0.155. The molecule has 0 heterocycles. The molecule has 11 heavy (non-hydrogen) atoms. The zero-order valence-corrected chi connectivity index (χ0v) is 6.41. The number of nitrogens with one attached hydrogen (secondary N) is 1. The summed E-state index contributed by atoms with van der Waals surface area (Å²) in [6.07, 6.45) is -2.43. The van der Waals surface area contributed by atoms with Crippen LogP contribution < -0.4 is 0 Å². The van der Waals surface area contributed by atoms with Crippen LogP contribution >= 0.6 is 0 Å². The first-order valence-corrected chi connectivity index (χ1v) is 3.59. The van der Waals surface area contributed by atoms with E-state index in [1.54, 1.807) is 0 Å². The van der Waals surface area contributed by atoms with Gasteiger partial charge in [0.15, 0.2) is 0 Å². The average molecular weight is 167 g/mol. The van der Waals surface area contributed by atoms with Crippen LogP contribution in [0.15, 0.2) is 0 Å². The van der Waals surface area contributed by atoms with Crippen molar-refractivity contribution < 1.29 is 13.2 Å². The zero-order chi connectivity index (χ0) is 8.91. The molecule has 0 aliphatic carbocycles. The van der Waals surface area contributed by atoms with Gasteiger partial charge in [-0.25, -0.2) is 0 Å². The summed E-state index contributed by atoms with van der Waals surface area (Å²) in [4.78, 5) is 0. The summed E-state index contributed by atoms with van der Waals surface area (Å²) in [5.74, 6) is -1.54. The highest BCUT2D eigenvalue weighted by molar-refractivity contribution is 5.57. The molecule has 0 aromatic heterocycles. The number of hydrogen-bond donors (Lipinski definition) is 1. The fourth-order valence-electron chi connectivity index (χ4n) is 0.766. The molecule has 0 aromatic carbocycles. The summed E-state index contributed by atoms with van der Waals surface area (Å²) in [5, 5.41) is 6.55. The number of alkyl halides is 3. The van der Waals surface area contributed by atoms with Crippen LogP contribution in [0.25, 0.3) is 0 Å². The van der Waals surface area contributed by atoms with Gasteiger partial charge >= 0.3 is 6.18 Å². The lowest BCUT2D eigenvalue weighted by atomic mass is 10.0. The van der Waals surface area contributed by atoms with Gasteiger partial charge in [0, 0.05) is 6.21 Å². The van der Waals surface area contributed by atoms with Gasteiger partial charge in [0.2, 0.25) is 0 Å². The second kappa shape index (κ2) is 4.36. The standard InChI is InChI=1S/C7H12F3N/c1-2-3-4-6(5-11)7(8,9)10/h5-6,11H,2-4H2,1H3. The van der Waals surface area contributed by atoms with Crippen molar-refractivity contribution >= 4 is 6.21 Å². The molecule has 1 unspecified atom stereocenters. The summed E-state index contributed by atoms with van der Waals surface area (Å²) in [6.45, 7) is 1.83. The molecule has 0 spiro atoms. The van der Waals surface area contributed by atoms with Crippen molar-refractivity contribution in [3.05, 3.63) is 0 Å². The minimum atomic E-state index is -4.23. The minimum Gasteiger partial charge on any atom is -0.312 e. The van der Waals surface area contributed by atoms with Crippen molar-refractivity contribution in [3.8, 4) is 0 Å². The van der Waals surface area contributed by atoms with E-state index in [-0.39, 0.29) is 6.42 Å². The van der Waals surface area contributed by atoms with E-state index in [0.717, 1.165) is 6.42 Å². The van der Waals surface area contributed by atoms with E-state index in [1.807, 2.05) is 6.92 Å². The molecule has 0 fully saturated rings. The van der Waals surface area contributed by atoms with Gasteiger partial charge in [0.05, 0.1) is 5.92 Å². The van der Waals surface area contributed by atoms with E-state index in [2.05, 4.69) is 0 Å². The predicted molar refractivity (Wildman–Crippen MR) is 37.9 cm³/mol. The molecule has 4 heteroatoms. The molecular weight excluding hydrogens is 155 g/mol. The normalized spacial score (nSPS) is 14.5. The number of hydrogen-bond acceptors (Lipinski definition) is 1. The molecule has 0 saturated heterocycles. The largest absolute Gasteiger partial charge is 0.396 e. The zero-order valence-electron chi connectivity index (χ0n) is 6.41. The molecule has 0 aliphatic rings. The Hall–Kier alpha value is -0.540. The van der Waals surface area contributed by atoms with Crippen LogP contribution in [0.5, 0.6) is 0 Å². The summed E-state index contributed by atoms with van der Waals surface area (Å²) in [6, 6.07) is 0. The third-order valence-corrected chi connectivity index (χ3v) is 1.49. The van der Waals surface area contributed by atoms with Crippen LogP contribution in [0.1, 0.15) is 26.2 Å². The smallest absolute Gasteiger partial charge is 0.312 e. The topological polar surface area (TPSA) is 23.9 Å². The highest BCUT2D eigenvalue weighted by Gasteiger charge is 2.37. The lowest BCUT2D eigenvalue weighted by Gasteiger charge is -2.14. The molecule has 1 nitrogen and oxygen atoms in total. The van der Waals surface area contributed by atoms with E-state index in [9.17, 15) is 13.2 Å². The SMILES string of the molecule is CCCCC(C=N)C(F)(F)F.